The fourth-order valence-corrected chi connectivity index (χ4v) is 2.17. The molecule has 0 spiro atoms. The van der Waals surface area contributed by atoms with Crippen LogP contribution in [0.3, 0.4) is 0 Å². The molecule has 0 atom stereocenters. The van der Waals surface area contributed by atoms with Gasteiger partial charge in [0, 0.05) is 18.8 Å². The van der Waals surface area contributed by atoms with Gasteiger partial charge in [0.05, 0.1) is 16.8 Å². The number of rotatable bonds is 2. The molecule has 0 radical (unpaired) electrons. The predicted molar refractivity (Wildman–Crippen MR) is 82.9 cm³/mol. The third-order valence-electron chi connectivity index (χ3n) is 3.07. The van der Waals surface area contributed by atoms with Gasteiger partial charge in [0.25, 0.3) is 0 Å². The van der Waals surface area contributed by atoms with Crippen LogP contribution in [0.5, 0.6) is 0 Å². The van der Waals surface area contributed by atoms with Crippen molar-refractivity contribution in [1.82, 2.24) is 24.7 Å². The van der Waals surface area contributed by atoms with E-state index in [0.29, 0.717) is 5.65 Å². The van der Waals surface area contributed by atoms with Gasteiger partial charge in [-0.25, -0.2) is 15.0 Å². The summed E-state index contributed by atoms with van der Waals surface area (Å²) >= 11 is 0. The van der Waals surface area contributed by atoms with Crippen LogP contribution in [-0.4, -0.2) is 30.3 Å². The highest BCUT2D eigenvalue weighted by atomic mass is 15.3. The van der Waals surface area contributed by atoms with Crippen LogP contribution in [0.15, 0.2) is 30.7 Å². The number of nitrogens with zero attached hydrogens (tertiary/aromatic N) is 5. The Kier molecular flexibility index (Phi) is 3.08. The van der Waals surface area contributed by atoms with Gasteiger partial charge >= 0.3 is 0 Å². The van der Waals surface area contributed by atoms with Crippen molar-refractivity contribution >= 4 is 16.9 Å². The summed E-state index contributed by atoms with van der Waals surface area (Å²) in [6.45, 7) is 6.29. The Hall–Kier alpha value is -2.50. The van der Waals surface area contributed by atoms with E-state index in [-0.39, 0.29) is 5.54 Å². The van der Waals surface area contributed by atoms with Gasteiger partial charge < -0.3 is 5.32 Å². The minimum absolute atomic E-state index is 0.0675. The third-order valence-corrected chi connectivity index (χ3v) is 3.07. The van der Waals surface area contributed by atoms with Crippen LogP contribution in [0, 0.1) is 0 Å². The maximum atomic E-state index is 4.62. The Morgan fingerprint density at radius 1 is 1.10 bits per heavy atom. The van der Waals surface area contributed by atoms with Gasteiger partial charge in [-0.05, 0) is 39.0 Å². The third kappa shape index (κ3) is 2.69. The van der Waals surface area contributed by atoms with Gasteiger partial charge in [0.15, 0.2) is 5.65 Å². The second-order valence-corrected chi connectivity index (χ2v) is 6.00. The molecule has 21 heavy (non-hydrogen) atoms. The van der Waals surface area contributed by atoms with Crippen LogP contribution in [-0.2, 0) is 7.05 Å². The summed E-state index contributed by atoms with van der Waals surface area (Å²) < 4.78 is 1.80. The van der Waals surface area contributed by atoms with E-state index in [9.17, 15) is 0 Å². The molecule has 0 saturated carbocycles. The van der Waals surface area contributed by atoms with Gasteiger partial charge in [-0.15, -0.1) is 0 Å². The van der Waals surface area contributed by atoms with E-state index < -0.39 is 0 Å². The van der Waals surface area contributed by atoms with E-state index in [1.54, 1.807) is 10.9 Å². The summed E-state index contributed by atoms with van der Waals surface area (Å²) in [7, 11) is 1.90. The predicted octanol–water partition coefficient (Wildman–Crippen LogP) is 2.64. The van der Waals surface area contributed by atoms with E-state index in [1.807, 2.05) is 25.2 Å². The monoisotopic (exact) mass is 282 g/mol. The second kappa shape index (κ2) is 4.80. The Bertz CT molecular complexity index is 784. The molecule has 108 valence electrons. The SMILES string of the molecule is Cn1nccc1-c1ccc2c(NC(C)(C)C)ncnc2n1. The fraction of sp³-hybridized carbons (Fsp3) is 0.333. The molecule has 3 heterocycles. The topological polar surface area (TPSA) is 68.5 Å². The standard InChI is InChI=1S/C15H18N6/c1-15(2,3)20-14-10-5-6-11(12-7-8-18-21(12)4)19-13(10)16-9-17-14/h5-9H,1-4H3,(H,16,17,19,20). The molecule has 0 aliphatic rings. The molecule has 0 saturated heterocycles. The Morgan fingerprint density at radius 2 is 1.90 bits per heavy atom. The lowest BCUT2D eigenvalue weighted by atomic mass is 10.1. The Labute approximate surface area is 123 Å². The van der Waals surface area contributed by atoms with Crippen LogP contribution in [0.4, 0.5) is 5.82 Å². The molecule has 0 aliphatic carbocycles. The van der Waals surface area contributed by atoms with Crippen LogP contribution in [0.2, 0.25) is 0 Å². The molecule has 0 amide bonds. The normalized spacial score (nSPS) is 11.8. The Balaban J connectivity index is 2.10. The molecular formula is C15H18N6. The number of nitrogens with one attached hydrogen (secondary N) is 1. The number of hydrogen-bond acceptors (Lipinski definition) is 5. The quantitative estimate of drug-likeness (QED) is 0.782. The number of hydrogen-bond donors (Lipinski definition) is 1. The van der Waals surface area contributed by atoms with Crippen molar-refractivity contribution in [3.05, 3.63) is 30.7 Å². The molecule has 0 aromatic carbocycles. The lowest BCUT2D eigenvalue weighted by Crippen LogP contribution is -2.26. The smallest absolute Gasteiger partial charge is 0.165 e. The van der Waals surface area contributed by atoms with E-state index in [4.69, 9.17) is 0 Å². The van der Waals surface area contributed by atoms with Crippen molar-refractivity contribution in [2.24, 2.45) is 7.05 Å². The second-order valence-electron chi connectivity index (χ2n) is 6.00. The summed E-state index contributed by atoms with van der Waals surface area (Å²) in [5.74, 6) is 0.802. The van der Waals surface area contributed by atoms with Crippen LogP contribution in [0.25, 0.3) is 22.4 Å². The van der Waals surface area contributed by atoms with E-state index >= 15 is 0 Å². The van der Waals surface area contributed by atoms with Gasteiger partial charge in [-0.2, -0.15) is 5.10 Å². The van der Waals surface area contributed by atoms with Crippen LogP contribution < -0.4 is 5.32 Å². The molecule has 0 fully saturated rings. The van der Waals surface area contributed by atoms with E-state index in [2.05, 4.69) is 46.1 Å². The number of pyridine rings is 1. The molecule has 6 heteroatoms. The summed E-state index contributed by atoms with van der Waals surface area (Å²) in [6.07, 6.45) is 3.30. The fourth-order valence-electron chi connectivity index (χ4n) is 2.17. The minimum atomic E-state index is -0.0675. The molecule has 0 unspecified atom stereocenters. The minimum Gasteiger partial charge on any atom is -0.365 e. The van der Waals surface area contributed by atoms with Gasteiger partial charge in [0.2, 0.25) is 0 Å². The lowest BCUT2D eigenvalue weighted by molar-refractivity contribution is 0.631. The molecule has 3 aromatic heterocycles. The van der Waals surface area contributed by atoms with Crippen molar-refractivity contribution in [3.8, 4) is 11.4 Å². The lowest BCUT2D eigenvalue weighted by Gasteiger charge is -2.21. The van der Waals surface area contributed by atoms with Gasteiger partial charge in [-0.1, -0.05) is 0 Å². The van der Waals surface area contributed by atoms with Crippen molar-refractivity contribution in [2.45, 2.75) is 26.3 Å². The van der Waals surface area contributed by atoms with Crippen molar-refractivity contribution in [1.29, 1.82) is 0 Å². The van der Waals surface area contributed by atoms with Crippen molar-refractivity contribution in [2.75, 3.05) is 5.32 Å². The van der Waals surface area contributed by atoms with Gasteiger partial charge in [-0.3, -0.25) is 4.68 Å². The molecular weight excluding hydrogens is 264 g/mol. The Morgan fingerprint density at radius 3 is 2.57 bits per heavy atom. The molecule has 6 nitrogen and oxygen atoms in total. The highest BCUT2D eigenvalue weighted by Gasteiger charge is 2.14. The van der Waals surface area contributed by atoms with Gasteiger partial charge in [0.1, 0.15) is 12.1 Å². The number of aryl methyl sites for hydroxylation is 1. The largest absolute Gasteiger partial charge is 0.365 e. The number of aromatic nitrogens is 5. The summed E-state index contributed by atoms with van der Waals surface area (Å²) in [5.41, 5.74) is 2.42. The zero-order valence-corrected chi connectivity index (χ0v) is 12.6. The highest BCUT2D eigenvalue weighted by molar-refractivity contribution is 5.87. The molecule has 0 aliphatic heterocycles. The molecule has 3 rings (SSSR count). The van der Waals surface area contributed by atoms with Crippen molar-refractivity contribution in [3.63, 3.8) is 0 Å². The number of anilines is 1. The zero-order chi connectivity index (χ0) is 15.0. The van der Waals surface area contributed by atoms with Crippen LogP contribution >= 0.6 is 0 Å². The zero-order valence-electron chi connectivity index (χ0n) is 12.6. The first-order valence-electron chi connectivity index (χ1n) is 6.82. The van der Waals surface area contributed by atoms with E-state index in [0.717, 1.165) is 22.6 Å². The van der Waals surface area contributed by atoms with Crippen LogP contribution in [0.1, 0.15) is 20.8 Å². The van der Waals surface area contributed by atoms with Crippen molar-refractivity contribution < 1.29 is 0 Å². The first-order valence-corrected chi connectivity index (χ1v) is 6.82. The first-order chi connectivity index (χ1) is 9.94. The highest BCUT2D eigenvalue weighted by Crippen LogP contribution is 2.24. The molecule has 0 bridgehead atoms. The summed E-state index contributed by atoms with van der Waals surface area (Å²) in [4.78, 5) is 13.2. The van der Waals surface area contributed by atoms with E-state index in [1.165, 1.54) is 6.33 Å². The average molecular weight is 282 g/mol. The summed E-state index contributed by atoms with van der Waals surface area (Å²) in [6, 6.07) is 5.90. The maximum Gasteiger partial charge on any atom is 0.165 e. The molecule has 1 N–H and O–H groups in total. The summed E-state index contributed by atoms with van der Waals surface area (Å²) in [5, 5.41) is 8.47. The first kappa shape index (κ1) is 13.5. The maximum absolute atomic E-state index is 4.62. The molecule has 3 aromatic rings. The number of fused-ring (bicyclic) bond motifs is 1. The average Bonchev–Trinajstić information content (AvgIpc) is 2.83.